The second-order valence-electron chi connectivity index (χ2n) is 4.29. The Hall–Kier alpha value is -1.12. The number of rotatable bonds is 3. The van der Waals surface area contributed by atoms with Gasteiger partial charge in [-0.15, -0.1) is 0 Å². The van der Waals surface area contributed by atoms with E-state index >= 15 is 0 Å². The molecule has 0 unspecified atom stereocenters. The molecule has 1 fully saturated rings. The molecule has 0 heterocycles. The molecule has 1 aromatic carbocycles. The third-order valence-corrected chi connectivity index (χ3v) is 4.06. The molecule has 90 valence electrons. The van der Waals surface area contributed by atoms with Gasteiger partial charge in [0, 0.05) is 4.47 Å². The van der Waals surface area contributed by atoms with E-state index in [0.717, 1.165) is 41.5 Å². The number of halogens is 1. The number of hydrogen-bond donors (Lipinski definition) is 0. The molecule has 0 aromatic heterocycles. The van der Waals surface area contributed by atoms with Crippen LogP contribution >= 0.6 is 15.9 Å². The van der Waals surface area contributed by atoms with E-state index in [1.165, 1.54) is 0 Å². The van der Waals surface area contributed by atoms with Crippen molar-refractivity contribution in [1.29, 1.82) is 0 Å². The van der Waals surface area contributed by atoms with Crippen LogP contribution in [0.15, 0.2) is 27.7 Å². The molecule has 0 atom stereocenters. The number of methoxy groups -OCH3 is 1. The molecule has 17 heavy (non-hydrogen) atoms. The molecular weight excluding hydrogens is 282 g/mol. The predicted molar refractivity (Wildman–Crippen MR) is 69.0 cm³/mol. The molecule has 2 rings (SSSR count). The van der Waals surface area contributed by atoms with Crippen LogP contribution in [0.1, 0.15) is 31.2 Å². The second-order valence-corrected chi connectivity index (χ2v) is 5.14. The predicted octanol–water partition coefficient (Wildman–Crippen LogP) is 3.56. The lowest BCUT2D eigenvalue weighted by molar-refractivity contribution is 0.407. The number of benzene rings is 1. The van der Waals surface area contributed by atoms with Gasteiger partial charge in [-0.25, -0.2) is 4.79 Å². The van der Waals surface area contributed by atoms with E-state index in [2.05, 4.69) is 20.9 Å². The van der Waals surface area contributed by atoms with Crippen LogP contribution in [0.3, 0.4) is 0 Å². The first-order valence-corrected chi connectivity index (χ1v) is 6.44. The Labute approximate surface area is 109 Å². The quantitative estimate of drug-likeness (QED) is 0.632. The van der Waals surface area contributed by atoms with Crippen LogP contribution in [-0.4, -0.2) is 13.2 Å². The highest BCUT2D eigenvalue weighted by Crippen LogP contribution is 2.45. The number of aliphatic imine (C=N–C) groups is 1. The number of carbonyl (C=O) groups excluding carboxylic acids is 1. The van der Waals surface area contributed by atoms with Crippen LogP contribution in [0.25, 0.3) is 0 Å². The zero-order chi connectivity index (χ0) is 12.3. The molecule has 1 aliphatic carbocycles. The van der Waals surface area contributed by atoms with Crippen molar-refractivity contribution in [2.24, 2.45) is 4.99 Å². The first-order valence-electron chi connectivity index (χ1n) is 5.65. The summed E-state index contributed by atoms with van der Waals surface area (Å²) in [5.74, 6) is 0.788. The SMILES string of the molecule is COc1ccc(Br)c(C2(N=C=O)CCCC2)c1. The van der Waals surface area contributed by atoms with Gasteiger partial charge >= 0.3 is 0 Å². The van der Waals surface area contributed by atoms with Crippen molar-refractivity contribution in [2.75, 3.05) is 7.11 Å². The zero-order valence-corrected chi connectivity index (χ0v) is 11.3. The van der Waals surface area contributed by atoms with Crippen LogP contribution in [0.2, 0.25) is 0 Å². The monoisotopic (exact) mass is 295 g/mol. The van der Waals surface area contributed by atoms with E-state index in [4.69, 9.17) is 4.74 Å². The summed E-state index contributed by atoms with van der Waals surface area (Å²) >= 11 is 3.53. The summed E-state index contributed by atoms with van der Waals surface area (Å²) in [7, 11) is 1.64. The summed E-state index contributed by atoms with van der Waals surface area (Å²) in [4.78, 5) is 14.7. The first kappa shape index (κ1) is 12.3. The maximum Gasteiger partial charge on any atom is 0.235 e. The van der Waals surface area contributed by atoms with Crippen LogP contribution in [0, 0.1) is 0 Å². The molecule has 0 spiro atoms. The van der Waals surface area contributed by atoms with Gasteiger partial charge in [0.2, 0.25) is 6.08 Å². The van der Waals surface area contributed by atoms with Crippen molar-refractivity contribution in [2.45, 2.75) is 31.2 Å². The number of isocyanates is 1. The molecule has 0 saturated heterocycles. The van der Waals surface area contributed by atoms with Gasteiger partial charge in [0.05, 0.1) is 12.6 Å². The summed E-state index contributed by atoms with van der Waals surface area (Å²) in [5.41, 5.74) is 0.618. The standard InChI is InChI=1S/C13H14BrNO2/c1-17-10-4-5-12(14)11(8-10)13(15-9-16)6-2-3-7-13/h4-5,8H,2-3,6-7H2,1H3. The fourth-order valence-corrected chi connectivity index (χ4v) is 3.09. The van der Waals surface area contributed by atoms with Gasteiger partial charge in [0.15, 0.2) is 0 Å². The molecule has 0 bridgehead atoms. The van der Waals surface area contributed by atoms with Crippen molar-refractivity contribution in [3.05, 3.63) is 28.2 Å². The summed E-state index contributed by atoms with van der Waals surface area (Å²) in [5, 5.41) is 0. The van der Waals surface area contributed by atoms with E-state index in [1.807, 2.05) is 18.2 Å². The minimum atomic E-state index is -0.408. The van der Waals surface area contributed by atoms with Crippen LogP contribution < -0.4 is 4.74 Å². The smallest absolute Gasteiger partial charge is 0.235 e. The van der Waals surface area contributed by atoms with Gasteiger partial charge in [-0.3, -0.25) is 0 Å². The first-order chi connectivity index (χ1) is 8.22. The van der Waals surface area contributed by atoms with Crippen LogP contribution in [0.4, 0.5) is 0 Å². The molecule has 0 N–H and O–H groups in total. The number of ether oxygens (including phenoxy) is 1. The van der Waals surface area contributed by atoms with E-state index in [1.54, 1.807) is 13.2 Å². The summed E-state index contributed by atoms with van der Waals surface area (Å²) in [6.07, 6.45) is 5.70. The Morgan fingerprint density at radius 1 is 1.41 bits per heavy atom. The minimum absolute atomic E-state index is 0.408. The fraction of sp³-hybridized carbons (Fsp3) is 0.462. The van der Waals surface area contributed by atoms with Crippen LogP contribution in [0.5, 0.6) is 5.75 Å². The van der Waals surface area contributed by atoms with Gasteiger partial charge in [-0.2, -0.15) is 4.99 Å². The molecular formula is C13H14BrNO2. The molecule has 4 heteroatoms. The molecule has 1 saturated carbocycles. The van der Waals surface area contributed by atoms with E-state index in [-0.39, 0.29) is 0 Å². The van der Waals surface area contributed by atoms with Gasteiger partial charge in [0.1, 0.15) is 5.75 Å². The summed E-state index contributed by atoms with van der Waals surface area (Å²) in [6, 6.07) is 5.78. The van der Waals surface area contributed by atoms with Crippen molar-refractivity contribution >= 4 is 22.0 Å². The molecule has 0 amide bonds. The third-order valence-electron chi connectivity index (χ3n) is 3.37. The Bertz CT molecular complexity index is 460. The molecule has 0 aliphatic heterocycles. The summed E-state index contributed by atoms with van der Waals surface area (Å²) in [6.45, 7) is 0. The number of nitrogens with zero attached hydrogens (tertiary/aromatic N) is 1. The largest absolute Gasteiger partial charge is 0.497 e. The third kappa shape index (κ3) is 2.28. The van der Waals surface area contributed by atoms with Gasteiger partial charge in [-0.05, 0) is 36.6 Å². The maximum absolute atomic E-state index is 10.7. The highest BCUT2D eigenvalue weighted by molar-refractivity contribution is 9.10. The van der Waals surface area contributed by atoms with Crippen molar-refractivity contribution in [3.63, 3.8) is 0 Å². The van der Waals surface area contributed by atoms with Gasteiger partial charge in [0.25, 0.3) is 0 Å². The Kier molecular flexibility index (Phi) is 3.65. The van der Waals surface area contributed by atoms with E-state index in [0.29, 0.717) is 0 Å². The topological polar surface area (TPSA) is 38.7 Å². The molecule has 0 radical (unpaired) electrons. The molecule has 3 nitrogen and oxygen atoms in total. The lowest BCUT2D eigenvalue weighted by atomic mass is 9.89. The molecule has 1 aromatic rings. The van der Waals surface area contributed by atoms with Crippen molar-refractivity contribution < 1.29 is 9.53 Å². The zero-order valence-electron chi connectivity index (χ0n) is 9.70. The molecule has 1 aliphatic rings. The normalized spacial score (nSPS) is 17.5. The van der Waals surface area contributed by atoms with Gasteiger partial charge in [-0.1, -0.05) is 28.8 Å². The second kappa shape index (κ2) is 5.03. The summed E-state index contributed by atoms with van der Waals surface area (Å²) < 4.78 is 6.20. The fourth-order valence-electron chi connectivity index (χ4n) is 2.48. The number of hydrogen-bond acceptors (Lipinski definition) is 3. The van der Waals surface area contributed by atoms with Gasteiger partial charge < -0.3 is 4.74 Å². The van der Waals surface area contributed by atoms with E-state index < -0.39 is 5.54 Å². The Morgan fingerprint density at radius 3 is 2.71 bits per heavy atom. The lowest BCUT2D eigenvalue weighted by Crippen LogP contribution is -2.19. The Balaban J connectivity index is 2.52. The van der Waals surface area contributed by atoms with Crippen molar-refractivity contribution in [1.82, 2.24) is 0 Å². The minimum Gasteiger partial charge on any atom is -0.497 e. The average Bonchev–Trinajstić information content (AvgIpc) is 2.80. The van der Waals surface area contributed by atoms with Crippen molar-refractivity contribution in [3.8, 4) is 5.75 Å². The highest BCUT2D eigenvalue weighted by Gasteiger charge is 2.37. The lowest BCUT2D eigenvalue weighted by Gasteiger charge is -2.24. The highest BCUT2D eigenvalue weighted by atomic mass is 79.9. The Morgan fingerprint density at radius 2 is 2.12 bits per heavy atom. The average molecular weight is 296 g/mol. The van der Waals surface area contributed by atoms with E-state index in [9.17, 15) is 4.79 Å². The maximum atomic E-state index is 10.7. The van der Waals surface area contributed by atoms with Crippen LogP contribution in [-0.2, 0) is 10.3 Å².